The van der Waals surface area contributed by atoms with Crippen LogP contribution < -0.4 is 10.1 Å². The Morgan fingerprint density at radius 1 is 1.35 bits per heavy atom. The summed E-state index contributed by atoms with van der Waals surface area (Å²) in [5, 5.41) is 2.76. The summed E-state index contributed by atoms with van der Waals surface area (Å²) in [5.41, 5.74) is 1.88. The molecule has 104 valence electrons. The topological polar surface area (TPSA) is 51.2 Å². The van der Waals surface area contributed by atoms with Gasteiger partial charge in [-0.15, -0.1) is 0 Å². The predicted molar refractivity (Wildman–Crippen MR) is 74.5 cm³/mol. The monoisotopic (exact) mass is 274 g/mol. The third kappa shape index (κ3) is 3.32. The lowest BCUT2D eigenvalue weighted by molar-refractivity contribution is 0.102. The van der Waals surface area contributed by atoms with E-state index in [1.165, 1.54) is 12.3 Å². The van der Waals surface area contributed by atoms with Gasteiger partial charge in [-0.1, -0.05) is 0 Å². The minimum absolute atomic E-state index is 0.305. The highest BCUT2D eigenvalue weighted by Gasteiger charge is 2.09. The minimum atomic E-state index is -0.612. The van der Waals surface area contributed by atoms with E-state index in [9.17, 15) is 9.18 Å². The number of carbonyl (C=O) groups is 1. The Kier molecular flexibility index (Phi) is 4.30. The second kappa shape index (κ2) is 6.14. The second-order valence-electron chi connectivity index (χ2n) is 4.23. The van der Waals surface area contributed by atoms with Crippen LogP contribution in [-0.2, 0) is 0 Å². The number of carbonyl (C=O) groups excluding carboxylic acids is 1. The molecule has 2 rings (SSSR count). The van der Waals surface area contributed by atoms with Crippen molar-refractivity contribution >= 4 is 11.6 Å². The van der Waals surface area contributed by atoms with E-state index < -0.39 is 5.95 Å². The summed E-state index contributed by atoms with van der Waals surface area (Å²) in [7, 11) is 0. The molecule has 1 amide bonds. The highest BCUT2D eigenvalue weighted by Crippen LogP contribution is 2.21. The summed E-state index contributed by atoms with van der Waals surface area (Å²) >= 11 is 0. The van der Waals surface area contributed by atoms with Gasteiger partial charge >= 0.3 is 0 Å². The molecule has 2 aromatic rings. The average Bonchev–Trinajstić information content (AvgIpc) is 2.43. The summed E-state index contributed by atoms with van der Waals surface area (Å²) in [6, 6.07) is 7.95. The molecule has 0 spiro atoms. The molecule has 1 aromatic heterocycles. The largest absolute Gasteiger partial charge is 0.494 e. The maximum Gasteiger partial charge on any atom is 0.257 e. The number of rotatable bonds is 4. The van der Waals surface area contributed by atoms with E-state index in [1.807, 2.05) is 19.9 Å². The Hall–Kier alpha value is -2.43. The average molecular weight is 274 g/mol. The number of halogens is 1. The highest BCUT2D eigenvalue weighted by molar-refractivity contribution is 6.04. The van der Waals surface area contributed by atoms with E-state index in [2.05, 4.69) is 10.3 Å². The van der Waals surface area contributed by atoms with Crippen LogP contribution in [0.4, 0.5) is 10.1 Å². The lowest BCUT2D eigenvalue weighted by atomic mass is 10.1. The number of anilines is 1. The third-order valence-electron chi connectivity index (χ3n) is 2.75. The van der Waals surface area contributed by atoms with Gasteiger partial charge < -0.3 is 10.1 Å². The van der Waals surface area contributed by atoms with Gasteiger partial charge in [-0.3, -0.25) is 4.79 Å². The predicted octanol–water partition coefficient (Wildman–Crippen LogP) is 3.18. The first-order valence-electron chi connectivity index (χ1n) is 6.26. The van der Waals surface area contributed by atoms with Gasteiger partial charge in [0.05, 0.1) is 12.2 Å². The fourth-order valence-electron chi connectivity index (χ4n) is 1.74. The Bertz CT molecular complexity index is 612. The van der Waals surface area contributed by atoms with Gasteiger partial charge in [0.1, 0.15) is 5.75 Å². The molecule has 0 radical (unpaired) electrons. The number of hydrogen-bond acceptors (Lipinski definition) is 3. The number of hydrogen-bond donors (Lipinski definition) is 1. The number of nitrogens with zero attached hydrogens (tertiary/aromatic N) is 1. The second-order valence-corrected chi connectivity index (χ2v) is 4.23. The number of aromatic nitrogens is 1. The summed E-state index contributed by atoms with van der Waals surface area (Å²) in [5.74, 6) is -0.185. The molecule has 1 N–H and O–H groups in total. The lowest BCUT2D eigenvalue weighted by Crippen LogP contribution is -2.13. The van der Waals surface area contributed by atoms with Crippen LogP contribution in [-0.4, -0.2) is 17.5 Å². The zero-order valence-electron chi connectivity index (χ0n) is 11.3. The maximum absolute atomic E-state index is 12.7. The highest BCUT2D eigenvalue weighted by atomic mass is 19.1. The molecule has 4 nitrogen and oxygen atoms in total. The van der Waals surface area contributed by atoms with Gasteiger partial charge in [0.15, 0.2) is 0 Å². The minimum Gasteiger partial charge on any atom is -0.494 e. The van der Waals surface area contributed by atoms with Crippen LogP contribution in [0, 0.1) is 12.9 Å². The smallest absolute Gasteiger partial charge is 0.257 e. The Balaban J connectivity index is 2.13. The molecular weight excluding hydrogens is 259 g/mol. The van der Waals surface area contributed by atoms with Crippen molar-refractivity contribution in [2.45, 2.75) is 13.8 Å². The SMILES string of the molecule is CCOc1ccc(NC(=O)c2ccc(F)nc2)c(C)c1. The van der Waals surface area contributed by atoms with Crippen LogP contribution in [0.1, 0.15) is 22.8 Å². The molecule has 1 heterocycles. The first-order chi connectivity index (χ1) is 9.60. The summed E-state index contributed by atoms with van der Waals surface area (Å²) in [6.45, 7) is 4.37. The maximum atomic E-state index is 12.7. The van der Waals surface area contributed by atoms with Gasteiger partial charge in [-0.05, 0) is 49.7 Å². The van der Waals surface area contributed by atoms with Gasteiger partial charge in [-0.2, -0.15) is 4.39 Å². The van der Waals surface area contributed by atoms with Crippen molar-refractivity contribution in [2.24, 2.45) is 0 Å². The molecule has 0 aliphatic rings. The number of benzene rings is 1. The van der Waals surface area contributed by atoms with Gasteiger partial charge in [0.25, 0.3) is 5.91 Å². The molecule has 20 heavy (non-hydrogen) atoms. The van der Waals surface area contributed by atoms with Crippen LogP contribution in [0.2, 0.25) is 0 Å². The Labute approximate surface area is 116 Å². The van der Waals surface area contributed by atoms with Gasteiger partial charge in [0.2, 0.25) is 5.95 Å². The zero-order valence-corrected chi connectivity index (χ0v) is 11.3. The summed E-state index contributed by atoms with van der Waals surface area (Å²) in [6.07, 6.45) is 1.20. The van der Waals surface area contributed by atoms with E-state index in [4.69, 9.17) is 4.74 Å². The van der Waals surface area contributed by atoms with E-state index >= 15 is 0 Å². The molecule has 0 fully saturated rings. The Morgan fingerprint density at radius 2 is 2.15 bits per heavy atom. The van der Waals surface area contributed by atoms with Crippen LogP contribution in [0.15, 0.2) is 36.5 Å². The molecule has 0 unspecified atom stereocenters. The summed E-state index contributed by atoms with van der Waals surface area (Å²) < 4.78 is 18.1. The van der Waals surface area contributed by atoms with E-state index in [1.54, 1.807) is 12.1 Å². The number of nitrogens with one attached hydrogen (secondary N) is 1. The van der Waals surface area contributed by atoms with E-state index in [0.29, 0.717) is 17.9 Å². The normalized spacial score (nSPS) is 10.2. The number of aryl methyl sites for hydroxylation is 1. The van der Waals surface area contributed by atoms with E-state index in [-0.39, 0.29) is 5.91 Å². The van der Waals surface area contributed by atoms with Crippen molar-refractivity contribution in [1.82, 2.24) is 4.98 Å². The third-order valence-corrected chi connectivity index (χ3v) is 2.75. The molecule has 1 aromatic carbocycles. The molecule has 0 atom stereocenters. The Morgan fingerprint density at radius 3 is 2.75 bits per heavy atom. The number of ether oxygens (including phenoxy) is 1. The molecule has 0 aliphatic heterocycles. The lowest BCUT2D eigenvalue weighted by Gasteiger charge is -2.10. The van der Waals surface area contributed by atoms with Crippen LogP contribution in [0.25, 0.3) is 0 Å². The molecule has 0 aliphatic carbocycles. The van der Waals surface area contributed by atoms with Crippen molar-refractivity contribution < 1.29 is 13.9 Å². The quantitative estimate of drug-likeness (QED) is 0.871. The van der Waals surface area contributed by atoms with Crippen molar-refractivity contribution in [1.29, 1.82) is 0 Å². The fourth-order valence-corrected chi connectivity index (χ4v) is 1.74. The van der Waals surface area contributed by atoms with Crippen molar-refractivity contribution in [2.75, 3.05) is 11.9 Å². The molecule has 5 heteroatoms. The molecule has 0 bridgehead atoms. The molecule has 0 saturated heterocycles. The molecular formula is C15H15FN2O2. The first kappa shape index (κ1) is 14.0. The van der Waals surface area contributed by atoms with Crippen molar-refractivity contribution in [3.05, 3.63) is 53.6 Å². The van der Waals surface area contributed by atoms with Gasteiger partial charge in [-0.25, -0.2) is 4.98 Å². The standard InChI is InChI=1S/C15H15FN2O2/c1-3-20-12-5-6-13(10(2)8-12)18-15(19)11-4-7-14(16)17-9-11/h4-9H,3H2,1-2H3,(H,18,19). The van der Waals surface area contributed by atoms with Crippen LogP contribution in [0.3, 0.4) is 0 Å². The van der Waals surface area contributed by atoms with Crippen molar-refractivity contribution in [3.8, 4) is 5.75 Å². The summed E-state index contributed by atoms with van der Waals surface area (Å²) in [4.78, 5) is 15.4. The van der Waals surface area contributed by atoms with Crippen molar-refractivity contribution in [3.63, 3.8) is 0 Å². The number of amides is 1. The molecule has 0 saturated carbocycles. The van der Waals surface area contributed by atoms with Gasteiger partial charge in [0, 0.05) is 11.9 Å². The van der Waals surface area contributed by atoms with Crippen LogP contribution >= 0.6 is 0 Å². The fraction of sp³-hybridized carbons (Fsp3) is 0.200. The van der Waals surface area contributed by atoms with Crippen LogP contribution in [0.5, 0.6) is 5.75 Å². The number of pyridine rings is 1. The zero-order chi connectivity index (χ0) is 14.5. The van der Waals surface area contributed by atoms with E-state index in [0.717, 1.165) is 17.4 Å². The first-order valence-corrected chi connectivity index (χ1v) is 6.26.